The number of carbonyl (C=O) groups excluding carboxylic acids is 2. The number of para-hydroxylation sites is 1. The quantitative estimate of drug-likeness (QED) is 0.413. The van der Waals surface area contributed by atoms with Gasteiger partial charge in [0.2, 0.25) is 11.8 Å². The average Bonchev–Trinajstić information content (AvgIpc) is 3.12. The summed E-state index contributed by atoms with van der Waals surface area (Å²) in [6.45, 7) is 5.68. The Morgan fingerprint density at radius 3 is 2.65 bits per heavy atom. The van der Waals surface area contributed by atoms with Crippen LogP contribution in [0.25, 0.3) is 10.8 Å². The first kappa shape index (κ1) is 24.0. The van der Waals surface area contributed by atoms with Gasteiger partial charge in [-0.3, -0.25) is 14.5 Å². The molecule has 2 amide bonds. The number of thioether (sulfide) groups is 1. The highest BCUT2D eigenvalue weighted by atomic mass is 32.2. The molecule has 34 heavy (non-hydrogen) atoms. The normalized spacial score (nSPS) is 17.0. The van der Waals surface area contributed by atoms with Crippen molar-refractivity contribution in [2.45, 2.75) is 31.9 Å². The van der Waals surface area contributed by atoms with E-state index in [9.17, 15) is 9.59 Å². The van der Waals surface area contributed by atoms with Crippen LogP contribution >= 0.6 is 11.8 Å². The van der Waals surface area contributed by atoms with Crippen LogP contribution in [0.3, 0.4) is 0 Å². The van der Waals surface area contributed by atoms with E-state index in [1.54, 1.807) is 4.90 Å². The number of carbonyl (C=O) groups is 2. The van der Waals surface area contributed by atoms with Gasteiger partial charge < -0.3 is 10.1 Å². The molecule has 0 saturated carbocycles. The lowest BCUT2D eigenvalue weighted by Gasteiger charge is -2.16. The smallest absolute Gasteiger partial charge is 0.242 e. The van der Waals surface area contributed by atoms with Gasteiger partial charge >= 0.3 is 0 Å². The highest BCUT2D eigenvalue weighted by molar-refractivity contribution is 8.15. The molecule has 0 aliphatic carbocycles. The maximum atomic E-state index is 13.2. The largest absolute Gasteiger partial charge is 0.382 e. The van der Waals surface area contributed by atoms with Crippen molar-refractivity contribution < 1.29 is 14.3 Å². The molecule has 0 bridgehead atoms. The van der Waals surface area contributed by atoms with E-state index in [0.717, 1.165) is 27.7 Å². The van der Waals surface area contributed by atoms with Crippen molar-refractivity contribution in [2.75, 3.05) is 25.1 Å². The summed E-state index contributed by atoms with van der Waals surface area (Å²) < 4.78 is 5.44. The Bertz CT molecular complexity index is 1210. The molecule has 176 valence electrons. The van der Waals surface area contributed by atoms with Crippen LogP contribution in [0.2, 0.25) is 0 Å². The van der Waals surface area contributed by atoms with Crippen molar-refractivity contribution in [1.29, 1.82) is 0 Å². The molecular formula is C27H29N3O3S. The van der Waals surface area contributed by atoms with Crippen LogP contribution in [-0.4, -0.2) is 46.9 Å². The van der Waals surface area contributed by atoms with Crippen LogP contribution in [-0.2, 0) is 14.3 Å². The minimum absolute atomic E-state index is 0.0810. The van der Waals surface area contributed by atoms with E-state index >= 15 is 0 Å². The van der Waals surface area contributed by atoms with Crippen molar-refractivity contribution in [3.63, 3.8) is 0 Å². The summed E-state index contributed by atoms with van der Waals surface area (Å²) in [5.74, 6) is -0.268. The summed E-state index contributed by atoms with van der Waals surface area (Å²) in [6.07, 6.45) is 0.800. The molecule has 1 aliphatic heterocycles. The fraction of sp³-hybridized carbons (Fsp3) is 0.296. The van der Waals surface area contributed by atoms with Gasteiger partial charge in [0, 0.05) is 31.9 Å². The van der Waals surface area contributed by atoms with Crippen LogP contribution < -0.4 is 5.32 Å². The van der Waals surface area contributed by atoms with Crippen LogP contribution in [0.1, 0.15) is 25.3 Å². The molecule has 0 aromatic heterocycles. The van der Waals surface area contributed by atoms with Gasteiger partial charge in [-0.2, -0.15) is 0 Å². The van der Waals surface area contributed by atoms with E-state index in [-0.39, 0.29) is 18.2 Å². The summed E-state index contributed by atoms with van der Waals surface area (Å²) in [5.41, 5.74) is 2.59. The van der Waals surface area contributed by atoms with Crippen molar-refractivity contribution in [1.82, 2.24) is 4.90 Å². The first-order chi connectivity index (χ1) is 16.5. The second kappa shape index (κ2) is 11.3. The maximum Gasteiger partial charge on any atom is 0.242 e. The van der Waals surface area contributed by atoms with Gasteiger partial charge in [0.15, 0.2) is 5.17 Å². The van der Waals surface area contributed by atoms with Crippen molar-refractivity contribution in [3.8, 4) is 0 Å². The van der Waals surface area contributed by atoms with Gasteiger partial charge in [-0.15, -0.1) is 0 Å². The van der Waals surface area contributed by atoms with E-state index in [1.807, 2.05) is 80.6 Å². The monoisotopic (exact) mass is 475 g/mol. The minimum atomic E-state index is -0.504. The molecule has 7 heteroatoms. The SMILES string of the molecule is CCOCCCN1C(=O)[C@H](CC(=O)Nc2ccc3ccccc3c2)SC1=Nc1ccccc1C. The van der Waals surface area contributed by atoms with Gasteiger partial charge in [-0.1, -0.05) is 60.3 Å². The molecule has 1 atom stereocenters. The third kappa shape index (κ3) is 5.85. The topological polar surface area (TPSA) is 71.0 Å². The lowest BCUT2D eigenvalue weighted by molar-refractivity contribution is -0.128. The van der Waals surface area contributed by atoms with Gasteiger partial charge in [-0.05, 0) is 54.8 Å². The van der Waals surface area contributed by atoms with Crippen LogP contribution in [0.5, 0.6) is 0 Å². The van der Waals surface area contributed by atoms with E-state index in [4.69, 9.17) is 9.73 Å². The van der Waals surface area contributed by atoms with Crippen LogP contribution in [0.4, 0.5) is 11.4 Å². The molecule has 0 spiro atoms. The van der Waals surface area contributed by atoms with Gasteiger partial charge in [0.25, 0.3) is 0 Å². The number of nitrogens with zero attached hydrogens (tertiary/aromatic N) is 2. The van der Waals surface area contributed by atoms with E-state index < -0.39 is 5.25 Å². The number of aliphatic imine (C=N–C) groups is 1. The number of benzene rings is 3. The third-order valence-corrected chi connectivity index (χ3v) is 6.81. The molecule has 6 nitrogen and oxygen atoms in total. The summed E-state index contributed by atoms with van der Waals surface area (Å²) in [5, 5.41) is 5.25. The molecule has 3 aromatic rings. The number of hydrogen-bond donors (Lipinski definition) is 1. The number of ether oxygens (including phenoxy) is 1. The average molecular weight is 476 g/mol. The number of nitrogens with one attached hydrogen (secondary N) is 1. The Kier molecular flexibility index (Phi) is 7.98. The van der Waals surface area contributed by atoms with Crippen molar-refractivity contribution >= 4 is 50.9 Å². The first-order valence-electron chi connectivity index (χ1n) is 11.5. The zero-order valence-corrected chi connectivity index (χ0v) is 20.3. The Morgan fingerprint density at radius 1 is 1.09 bits per heavy atom. The zero-order chi connectivity index (χ0) is 23.9. The third-order valence-electron chi connectivity index (χ3n) is 5.63. The predicted molar refractivity (Wildman–Crippen MR) is 140 cm³/mol. The number of amidine groups is 1. The molecule has 1 N–H and O–H groups in total. The van der Waals surface area contributed by atoms with Gasteiger partial charge in [-0.25, -0.2) is 4.99 Å². The molecule has 1 fully saturated rings. The molecule has 0 radical (unpaired) electrons. The zero-order valence-electron chi connectivity index (χ0n) is 19.5. The summed E-state index contributed by atoms with van der Waals surface area (Å²) >= 11 is 1.36. The van der Waals surface area contributed by atoms with Gasteiger partial charge in [0.1, 0.15) is 5.25 Å². The number of anilines is 1. The molecule has 1 heterocycles. The number of fused-ring (bicyclic) bond motifs is 1. The fourth-order valence-corrected chi connectivity index (χ4v) is 5.02. The van der Waals surface area contributed by atoms with Crippen molar-refractivity contribution in [3.05, 3.63) is 72.3 Å². The summed E-state index contributed by atoms with van der Waals surface area (Å²) in [6, 6.07) is 21.6. The molecule has 0 unspecified atom stereocenters. The Hall–Kier alpha value is -3.16. The Morgan fingerprint density at radius 2 is 1.85 bits per heavy atom. The molecule has 1 aliphatic rings. The molecule has 3 aromatic carbocycles. The minimum Gasteiger partial charge on any atom is -0.382 e. The van der Waals surface area contributed by atoms with E-state index in [2.05, 4.69) is 5.32 Å². The Balaban J connectivity index is 1.47. The maximum absolute atomic E-state index is 13.2. The first-order valence-corrected chi connectivity index (χ1v) is 12.4. The number of amides is 2. The highest BCUT2D eigenvalue weighted by Gasteiger charge is 2.39. The number of hydrogen-bond acceptors (Lipinski definition) is 5. The Labute approximate surface area is 204 Å². The van der Waals surface area contributed by atoms with E-state index in [0.29, 0.717) is 31.3 Å². The molecule has 4 rings (SSSR count). The van der Waals surface area contributed by atoms with Crippen LogP contribution in [0, 0.1) is 6.92 Å². The number of aryl methyl sites for hydroxylation is 1. The van der Waals surface area contributed by atoms with Gasteiger partial charge in [0.05, 0.1) is 5.69 Å². The summed E-state index contributed by atoms with van der Waals surface area (Å²) in [7, 11) is 0. The summed E-state index contributed by atoms with van der Waals surface area (Å²) in [4.78, 5) is 32.5. The highest BCUT2D eigenvalue weighted by Crippen LogP contribution is 2.33. The lowest BCUT2D eigenvalue weighted by Crippen LogP contribution is -2.34. The molecule has 1 saturated heterocycles. The standard InChI is InChI=1S/C27H29N3O3S/c1-3-33-16-8-15-30-26(32)24(34-27(30)29-23-12-7-4-9-19(23)2)18-25(31)28-22-14-13-20-10-5-6-11-21(20)17-22/h4-7,9-14,17,24H,3,8,15-16,18H2,1-2H3,(H,28,31)/t24-/m0/s1. The van der Waals surface area contributed by atoms with Crippen molar-refractivity contribution in [2.24, 2.45) is 4.99 Å². The van der Waals surface area contributed by atoms with E-state index in [1.165, 1.54) is 11.8 Å². The second-order valence-corrected chi connectivity index (χ2v) is 9.31. The predicted octanol–water partition coefficient (Wildman–Crippen LogP) is 5.54. The molecular weight excluding hydrogens is 446 g/mol. The van der Waals surface area contributed by atoms with Crippen LogP contribution in [0.15, 0.2) is 71.7 Å². The number of rotatable bonds is 9. The second-order valence-electron chi connectivity index (χ2n) is 8.14. The lowest BCUT2D eigenvalue weighted by atomic mass is 10.1. The fourth-order valence-electron chi connectivity index (χ4n) is 3.84.